The predicted octanol–water partition coefficient (Wildman–Crippen LogP) is 6.58. The van der Waals surface area contributed by atoms with Crippen LogP contribution in [0, 0.1) is 0 Å². The Morgan fingerprint density at radius 3 is 2.56 bits per heavy atom. The van der Waals surface area contributed by atoms with E-state index in [0.29, 0.717) is 34.6 Å². The number of hydrogen-bond donors (Lipinski definition) is 3. The molecular weight excluding hydrogens is 581 g/mol. The lowest BCUT2D eigenvalue weighted by molar-refractivity contribution is -0.137. The molecular formula is C34H37F3N6O2. The molecule has 1 atom stereocenters. The fourth-order valence-electron chi connectivity index (χ4n) is 5.69. The van der Waals surface area contributed by atoms with Crippen molar-refractivity contribution in [2.24, 2.45) is 0 Å². The average molecular weight is 619 g/mol. The maximum Gasteiger partial charge on any atom is 0.416 e. The zero-order valence-electron chi connectivity index (χ0n) is 25.3. The molecule has 236 valence electrons. The molecule has 8 nitrogen and oxygen atoms in total. The molecule has 11 heteroatoms. The highest BCUT2D eigenvalue weighted by atomic mass is 19.4. The number of pyridine rings is 1. The van der Waals surface area contributed by atoms with Crippen molar-refractivity contribution in [3.63, 3.8) is 0 Å². The molecule has 1 fully saturated rings. The highest BCUT2D eigenvalue weighted by Gasteiger charge is 2.33. The Kier molecular flexibility index (Phi) is 9.57. The van der Waals surface area contributed by atoms with Gasteiger partial charge in [-0.1, -0.05) is 24.3 Å². The van der Waals surface area contributed by atoms with Crippen LogP contribution in [0.5, 0.6) is 0 Å². The van der Waals surface area contributed by atoms with E-state index in [2.05, 4.69) is 25.8 Å². The van der Waals surface area contributed by atoms with E-state index >= 15 is 0 Å². The van der Waals surface area contributed by atoms with E-state index in [9.17, 15) is 22.8 Å². The molecule has 0 radical (unpaired) electrons. The molecule has 0 spiro atoms. The van der Waals surface area contributed by atoms with Crippen molar-refractivity contribution in [3.8, 4) is 11.3 Å². The Morgan fingerprint density at radius 2 is 1.80 bits per heavy atom. The van der Waals surface area contributed by atoms with Crippen molar-refractivity contribution in [2.45, 2.75) is 44.4 Å². The van der Waals surface area contributed by atoms with E-state index in [4.69, 9.17) is 0 Å². The van der Waals surface area contributed by atoms with Gasteiger partial charge in [0, 0.05) is 55.4 Å². The molecule has 5 rings (SSSR count). The van der Waals surface area contributed by atoms with Gasteiger partial charge in [0.1, 0.15) is 0 Å². The number of nitrogens with zero attached hydrogens (tertiary/aromatic N) is 3. The Labute approximate surface area is 261 Å². The maximum absolute atomic E-state index is 13.6. The first-order chi connectivity index (χ1) is 21.6. The Balaban J connectivity index is 1.42. The molecule has 0 bridgehead atoms. The maximum atomic E-state index is 13.6. The number of carbonyl (C=O) groups is 2. The molecule has 1 saturated heterocycles. The first-order valence-corrected chi connectivity index (χ1v) is 15.0. The van der Waals surface area contributed by atoms with E-state index in [1.54, 1.807) is 29.3 Å². The third kappa shape index (κ3) is 7.54. The number of amides is 3. The van der Waals surface area contributed by atoms with Crippen LogP contribution in [0.1, 0.15) is 47.7 Å². The van der Waals surface area contributed by atoms with Crippen LogP contribution in [-0.4, -0.2) is 54.0 Å². The molecule has 0 saturated carbocycles. The number of piperidine rings is 1. The lowest BCUT2D eigenvalue weighted by Crippen LogP contribution is -2.53. The Morgan fingerprint density at radius 1 is 1.00 bits per heavy atom. The minimum Gasteiger partial charge on any atom is -0.372 e. The topological polar surface area (TPSA) is 89.6 Å². The molecule has 3 amide bonds. The van der Waals surface area contributed by atoms with Crippen LogP contribution in [0.3, 0.4) is 0 Å². The molecule has 2 aliphatic heterocycles. The molecule has 3 aromatic rings. The van der Waals surface area contributed by atoms with Crippen molar-refractivity contribution < 1.29 is 22.8 Å². The summed E-state index contributed by atoms with van der Waals surface area (Å²) < 4.78 is 39.4. The highest BCUT2D eigenvalue weighted by molar-refractivity contribution is 5.98. The summed E-state index contributed by atoms with van der Waals surface area (Å²) in [7, 11) is 1.83. The number of rotatable bonds is 8. The van der Waals surface area contributed by atoms with E-state index in [0.717, 1.165) is 43.8 Å². The minimum atomic E-state index is -4.47. The quantitative estimate of drug-likeness (QED) is 0.265. The SMILES string of the molecule is CNCC1(C)C=CC=CN1C(=O)Nc1ccc(N2CCCCC2)cc1-c1cc(C(=O)NCc2cccc(C(F)(F)F)c2)ccn1. The summed E-state index contributed by atoms with van der Waals surface area (Å²) in [6.07, 6.45) is 7.82. The Hall–Kier alpha value is -4.64. The zero-order chi connectivity index (χ0) is 32.0. The van der Waals surface area contributed by atoms with Gasteiger partial charge in [0.15, 0.2) is 0 Å². The van der Waals surface area contributed by atoms with Gasteiger partial charge >= 0.3 is 12.2 Å². The predicted molar refractivity (Wildman–Crippen MR) is 170 cm³/mol. The van der Waals surface area contributed by atoms with Crippen molar-refractivity contribution >= 4 is 23.3 Å². The first-order valence-electron chi connectivity index (χ1n) is 15.0. The van der Waals surface area contributed by atoms with Gasteiger partial charge in [0.25, 0.3) is 5.91 Å². The second kappa shape index (κ2) is 13.6. The van der Waals surface area contributed by atoms with E-state index in [1.807, 2.05) is 44.3 Å². The van der Waals surface area contributed by atoms with Crippen LogP contribution in [0.15, 0.2) is 85.2 Å². The summed E-state index contributed by atoms with van der Waals surface area (Å²) in [6, 6.07) is 13.5. The Bertz CT molecular complexity index is 1600. The van der Waals surface area contributed by atoms with Gasteiger partial charge < -0.3 is 20.9 Å². The minimum absolute atomic E-state index is 0.0741. The fourth-order valence-corrected chi connectivity index (χ4v) is 5.69. The summed E-state index contributed by atoms with van der Waals surface area (Å²) in [6.45, 7) is 4.27. The number of alkyl halides is 3. The number of carbonyl (C=O) groups excluding carboxylic acids is 2. The molecule has 45 heavy (non-hydrogen) atoms. The number of benzene rings is 2. The zero-order valence-corrected chi connectivity index (χ0v) is 25.3. The summed E-state index contributed by atoms with van der Waals surface area (Å²) in [5, 5.41) is 8.91. The summed E-state index contributed by atoms with van der Waals surface area (Å²) in [5.74, 6) is -0.457. The number of hydrogen-bond acceptors (Lipinski definition) is 5. The van der Waals surface area contributed by atoms with Crippen LogP contribution in [0.25, 0.3) is 11.3 Å². The van der Waals surface area contributed by atoms with Gasteiger partial charge in [0.2, 0.25) is 0 Å². The van der Waals surface area contributed by atoms with Gasteiger partial charge in [-0.3, -0.25) is 14.7 Å². The number of allylic oxidation sites excluding steroid dienone is 2. The van der Waals surface area contributed by atoms with Crippen LogP contribution in [-0.2, 0) is 12.7 Å². The second-order valence-corrected chi connectivity index (χ2v) is 11.5. The van der Waals surface area contributed by atoms with Crippen molar-refractivity contribution in [1.82, 2.24) is 20.5 Å². The monoisotopic (exact) mass is 618 g/mol. The molecule has 3 heterocycles. The van der Waals surface area contributed by atoms with Crippen LogP contribution in [0.2, 0.25) is 0 Å². The van der Waals surface area contributed by atoms with Crippen LogP contribution < -0.4 is 20.9 Å². The van der Waals surface area contributed by atoms with Crippen molar-refractivity contribution in [1.29, 1.82) is 0 Å². The molecule has 2 aromatic carbocycles. The van der Waals surface area contributed by atoms with E-state index < -0.39 is 23.2 Å². The van der Waals surface area contributed by atoms with E-state index in [-0.39, 0.29) is 12.6 Å². The van der Waals surface area contributed by atoms with Gasteiger partial charge in [-0.15, -0.1) is 0 Å². The smallest absolute Gasteiger partial charge is 0.372 e. The third-order valence-corrected chi connectivity index (χ3v) is 8.08. The number of likely N-dealkylation sites (N-methyl/N-ethyl adjacent to an activating group) is 1. The lowest BCUT2D eigenvalue weighted by Gasteiger charge is -2.38. The summed E-state index contributed by atoms with van der Waals surface area (Å²) >= 11 is 0. The summed E-state index contributed by atoms with van der Waals surface area (Å²) in [5.41, 5.74) is 1.91. The number of halogens is 3. The standard InChI is InChI=1S/C34H37F3N6O2/c1-33(23-38-2)14-4-7-18-43(33)32(45)41-29-12-11-27(42-16-5-3-6-17-42)21-28(29)30-20-25(13-15-39-30)31(44)40-22-24-9-8-10-26(19-24)34(35,36)37/h4,7-15,18-21,38H,3,5-6,16-17,22-23H2,1-2H3,(H,40,44)(H,41,45). The van der Waals surface area contributed by atoms with Crippen molar-refractivity contribution in [2.75, 3.05) is 36.9 Å². The van der Waals surface area contributed by atoms with Gasteiger partial charge in [-0.2, -0.15) is 13.2 Å². The van der Waals surface area contributed by atoms with Crippen LogP contribution in [0.4, 0.5) is 29.3 Å². The molecule has 2 aliphatic rings. The number of nitrogens with one attached hydrogen (secondary N) is 3. The third-order valence-electron chi connectivity index (χ3n) is 8.08. The van der Waals surface area contributed by atoms with Gasteiger partial charge in [-0.25, -0.2) is 4.79 Å². The normalized spacial score (nSPS) is 18.2. The lowest BCUT2D eigenvalue weighted by atomic mass is 9.97. The molecule has 3 N–H and O–H groups in total. The summed E-state index contributed by atoms with van der Waals surface area (Å²) in [4.78, 5) is 35.3. The molecule has 0 aliphatic carbocycles. The first kappa shape index (κ1) is 31.8. The van der Waals surface area contributed by atoms with Gasteiger partial charge in [0.05, 0.1) is 22.5 Å². The molecule has 1 unspecified atom stereocenters. The number of urea groups is 1. The average Bonchev–Trinajstić information content (AvgIpc) is 3.04. The number of aromatic nitrogens is 1. The second-order valence-electron chi connectivity index (χ2n) is 11.5. The largest absolute Gasteiger partial charge is 0.416 e. The molecule has 1 aromatic heterocycles. The fraction of sp³-hybridized carbons (Fsp3) is 0.324. The van der Waals surface area contributed by atoms with Crippen molar-refractivity contribution in [3.05, 3.63) is 102 Å². The van der Waals surface area contributed by atoms with E-state index in [1.165, 1.54) is 24.8 Å². The van der Waals surface area contributed by atoms with Gasteiger partial charge in [-0.05, 0) is 87.3 Å². The number of anilines is 2. The van der Waals surface area contributed by atoms with Crippen LogP contribution >= 0.6 is 0 Å². The highest BCUT2D eigenvalue weighted by Crippen LogP contribution is 2.34.